The molecule has 0 bridgehead atoms. The van der Waals surface area contributed by atoms with E-state index in [0.717, 1.165) is 17.5 Å². The van der Waals surface area contributed by atoms with Crippen molar-refractivity contribution in [2.75, 3.05) is 0 Å². The third-order valence-corrected chi connectivity index (χ3v) is 2.62. The lowest BCUT2D eigenvalue weighted by Crippen LogP contribution is -1.98. The van der Waals surface area contributed by atoms with Crippen LogP contribution >= 0.6 is 7.82 Å². The first kappa shape index (κ1) is 12.2. The first-order valence-electron chi connectivity index (χ1n) is 4.83. The monoisotopic (exact) mass is 230 g/mol. The second kappa shape index (κ2) is 4.79. The molecule has 0 aromatic heterocycles. The van der Waals surface area contributed by atoms with Gasteiger partial charge in [0.25, 0.3) is 0 Å². The van der Waals surface area contributed by atoms with Crippen LogP contribution in [0.3, 0.4) is 0 Å². The van der Waals surface area contributed by atoms with Crippen molar-refractivity contribution in [2.24, 2.45) is 0 Å². The van der Waals surface area contributed by atoms with Crippen LogP contribution in [-0.2, 0) is 17.4 Å². The van der Waals surface area contributed by atoms with Crippen molar-refractivity contribution in [1.29, 1.82) is 0 Å². The highest BCUT2D eigenvalue weighted by Crippen LogP contribution is 2.39. The normalized spacial score (nSPS) is 11.5. The van der Waals surface area contributed by atoms with Gasteiger partial charge in [0.2, 0.25) is 0 Å². The number of phosphoric ester groups is 1. The van der Waals surface area contributed by atoms with Crippen molar-refractivity contribution < 1.29 is 18.9 Å². The topological polar surface area (TPSA) is 66.8 Å². The summed E-state index contributed by atoms with van der Waals surface area (Å²) >= 11 is 0. The van der Waals surface area contributed by atoms with Crippen molar-refractivity contribution in [3.63, 3.8) is 0 Å². The first-order chi connectivity index (χ1) is 6.98. The molecule has 0 spiro atoms. The molecule has 0 saturated heterocycles. The minimum absolute atomic E-state index is 0.283. The van der Waals surface area contributed by atoms with Gasteiger partial charge < -0.3 is 4.52 Å². The smallest absolute Gasteiger partial charge is 0.404 e. The van der Waals surface area contributed by atoms with Gasteiger partial charge in [-0.25, -0.2) is 4.57 Å². The molecular weight excluding hydrogens is 215 g/mol. The quantitative estimate of drug-likeness (QED) is 0.779. The summed E-state index contributed by atoms with van der Waals surface area (Å²) in [7, 11) is -4.46. The van der Waals surface area contributed by atoms with E-state index in [-0.39, 0.29) is 5.75 Å². The molecule has 4 nitrogen and oxygen atoms in total. The van der Waals surface area contributed by atoms with E-state index in [1.807, 2.05) is 19.9 Å². The van der Waals surface area contributed by atoms with Gasteiger partial charge in [-0.05, 0) is 30.0 Å². The number of rotatable bonds is 4. The van der Waals surface area contributed by atoms with Gasteiger partial charge in [0.05, 0.1) is 0 Å². The summed E-state index contributed by atoms with van der Waals surface area (Å²) < 4.78 is 15.4. The Labute approximate surface area is 89.1 Å². The van der Waals surface area contributed by atoms with Crippen LogP contribution in [0.25, 0.3) is 0 Å². The summed E-state index contributed by atoms with van der Waals surface area (Å²) in [5, 5.41) is 0. The lowest BCUT2D eigenvalue weighted by Gasteiger charge is -2.13. The van der Waals surface area contributed by atoms with Gasteiger partial charge in [-0.15, -0.1) is 0 Å². The maximum atomic E-state index is 10.7. The van der Waals surface area contributed by atoms with E-state index in [0.29, 0.717) is 6.42 Å². The van der Waals surface area contributed by atoms with Crippen LogP contribution in [0.1, 0.15) is 25.0 Å². The second-order valence-corrected chi connectivity index (χ2v) is 4.35. The summed E-state index contributed by atoms with van der Waals surface area (Å²) in [6, 6.07) is 5.26. The number of benzene rings is 1. The standard InChI is InChI=1S/C10H15O4P/c1-3-8-6-5-7-10(9(8)4-2)14-15(11,12)13/h5-7H,3-4H2,1-2H3,(H2,11,12,13). The number of aryl methyl sites for hydroxylation is 1. The Balaban J connectivity index is 3.12. The lowest BCUT2D eigenvalue weighted by molar-refractivity contribution is 0.282. The molecule has 0 aliphatic heterocycles. The Morgan fingerprint density at radius 3 is 2.40 bits per heavy atom. The third-order valence-electron chi connectivity index (χ3n) is 2.18. The fourth-order valence-electron chi connectivity index (χ4n) is 1.56. The molecule has 15 heavy (non-hydrogen) atoms. The summed E-state index contributed by atoms with van der Waals surface area (Å²) in [5.41, 5.74) is 1.92. The fourth-order valence-corrected chi connectivity index (χ4v) is 1.98. The zero-order valence-electron chi connectivity index (χ0n) is 8.80. The van der Waals surface area contributed by atoms with Gasteiger partial charge in [-0.3, -0.25) is 9.79 Å². The summed E-state index contributed by atoms with van der Waals surface area (Å²) in [4.78, 5) is 17.5. The maximum Gasteiger partial charge on any atom is 0.524 e. The molecule has 0 amide bonds. The second-order valence-electron chi connectivity index (χ2n) is 3.18. The molecule has 0 radical (unpaired) electrons. The van der Waals surface area contributed by atoms with Crippen LogP contribution in [0.5, 0.6) is 5.75 Å². The largest absolute Gasteiger partial charge is 0.524 e. The van der Waals surface area contributed by atoms with Crippen molar-refractivity contribution in [3.05, 3.63) is 29.3 Å². The van der Waals surface area contributed by atoms with Crippen LogP contribution in [0.15, 0.2) is 18.2 Å². The van der Waals surface area contributed by atoms with E-state index >= 15 is 0 Å². The third kappa shape index (κ3) is 3.34. The van der Waals surface area contributed by atoms with Crippen LogP contribution in [0.4, 0.5) is 0 Å². The average molecular weight is 230 g/mol. The van der Waals surface area contributed by atoms with Gasteiger partial charge in [0.15, 0.2) is 0 Å². The van der Waals surface area contributed by atoms with E-state index in [2.05, 4.69) is 4.52 Å². The minimum atomic E-state index is -4.46. The van der Waals surface area contributed by atoms with Gasteiger partial charge in [0.1, 0.15) is 5.75 Å². The summed E-state index contributed by atoms with van der Waals surface area (Å²) in [5.74, 6) is 0.283. The van der Waals surface area contributed by atoms with Crippen molar-refractivity contribution in [2.45, 2.75) is 26.7 Å². The van der Waals surface area contributed by atoms with E-state index in [1.165, 1.54) is 0 Å². The minimum Gasteiger partial charge on any atom is -0.404 e. The van der Waals surface area contributed by atoms with Crippen molar-refractivity contribution in [3.8, 4) is 5.75 Å². The maximum absolute atomic E-state index is 10.7. The number of phosphoric acid groups is 1. The predicted molar refractivity (Wildman–Crippen MR) is 57.9 cm³/mol. The SMILES string of the molecule is CCc1cccc(OP(=O)(O)O)c1CC. The lowest BCUT2D eigenvalue weighted by atomic mass is 10.0. The molecule has 5 heteroatoms. The highest BCUT2D eigenvalue weighted by molar-refractivity contribution is 7.46. The van der Waals surface area contributed by atoms with Crippen molar-refractivity contribution >= 4 is 7.82 Å². The molecule has 0 heterocycles. The molecule has 0 atom stereocenters. The zero-order valence-corrected chi connectivity index (χ0v) is 9.70. The molecule has 0 aliphatic carbocycles. The Morgan fingerprint density at radius 2 is 1.93 bits per heavy atom. The van der Waals surface area contributed by atoms with Crippen LogP contribution in [0.2, 0.25) is 0 Å². The Bertz CT molecular complexity index is 383. The first-order valence-corrected chi connectivity index (χ1v) is 6.36. The molecule has 0 aliphatic rings. The molecular formula is C10H15O4P. The molecule has 0 saturated carbocycles. The molecule has 0 unspecified atom stereocenters. The summed E-state index contributed by atoms with van der Waals surface area (Å²) in [6.07, 6.45) is 1.51. The van der Waals surface area contributed by atoms with E-state index in [9.17, 15) is 4.57 Å². The number of hydrogen-bond donors (Lipinski definition) is 2. The van der Waals surface area contributed by atoms with Crippen LogP contribution < -0.4 is 4.52 Å². The van der Waals surface area contributed by atoms with Crippen LogP contribution in [-0.4, -0.2) is 9.79 Å². The van der Waals surface area contributed by atoms with Gasteiger partial charge in [-0.2, -0.15) is 0 Å². The number of hydrogen-bond acceptors (Lipinski definition) is 2. The van der Waals surface area contributed by atoms with E-state index in [1.54, 1.807) is 12.1 Å². The average Bonchev–Trinajstić information content (AvgIpc) is 2.15. The Morgan fingerprint density at radius 1 is 1.27 bits per heavy atom. The highest BCUT2D eigenvalue weighted by atomic mass is 31.2. The molecule has 1 aromatic rings. The van der Waals surface area contributed by atoms with E-state index in [4.69, 9.17) is 9.79 Å². The zero-order chi connectivity index (χ0) is 11.5. The Kier molecular flexibility index (Phi) is 3.91. The molecule has 2 N–H and O–H groups in total. The highest BCUT2D eigenvalue weighted by Gasteiger charge is 2.18. The van der Waals surface area contributed by atoms with Gasteiger partial charge >= 0.3 is 7.82 Å². The van der Waals surface area contributed by atoms with Gasteiger partial charge in [0, 0.05) is 0 Å². The summed E-state index contributed by atoms with van der Waals surface area (Å²) in [6.45, 7) is 3.93. The molecule has 84 valence electrons. The predicted octanol–water partition coefficient (Wildman–Crippen LogP) is 2.28. The molecule has 1 rings (SSSR count). The molecule has 0 fully saturated rings. The van der Waals surface area contributed by atoms with Crippen molar-refractivity contribution in [1.82, 2.24) is 0 Å². The van der Waals surface area contributed by atoms with Gasteiger partial charge in [-0.1, -0.05) is 26.0 Å². The van der Waals surface area contributed by atoms with Crippen LogP contribution in [0, 0.1) is 0 Å². The molecule has 1 aromatic carbocycles. The fraction of sp³-hybridized carbons (Fsp3) is 0.400. The van der Waals surface area contributed by atoms with E-state index < -0.39 is 7.82 Å². The Hall–Kier alpha value is -0.830.